The molecule has 3 nitrogen and oxygen atoms in total. The number of aliphatic hydroxyl groups is 1. The molecule has 94 valence electrons. The maximum Gasteiger partial charge on any atom is 0.0490 e. The lowest BCUT2D eigenvalue weighted by atomic mass is 9.70. The summed E-state index contributed by atoms with van der Waals surface area (Å²) in [4.78, 5) is 5.00. The molecule has 0 aromatic rings. The van der Waals surface area contributed by atoms with Gasteiger partial charge in [-0.15, -0.1) is 0 Å². The van der Waals surface area contributed by atoms with Crippen LogP contribution in [0.4, 0.5) is 0 Å². The molecule has 0 saturated carbocycles. The van der Waals surface area contributed by atoms with Gasteiger partial charge < -0.3 is 10.0 Å². The van der Waals surface area contributed by atoms with Crippen LogP contribution < -0.4 is 0 Å². The predicted molar refractivity (Wildman–Crippen MR) is 66.4 cm³/mol. The Morgan fingerprint density at radius 3 is 2.19 bits per heavy atom. The maximum absolute atomic E-state index is 9.62. The fourth-order valence-electron chi connectivity index (χ4n) is 3.15. The van der Waals surface area contributed by atoms with Gasteiger partial charge in [0, 0.05) is 25.7 Å². The van der Waals surface area contributed by atoms with Crippen molar-refractivity contribution >= 4 is 0 Å². The second-order valence-electron chi connectivity index (χ2n) is 6.09. The first-order chi connectivity index (χ1) is 7.57. The first kappa shape index (κ1) is 12.3. The van der Waals surface area contributed by atoms with Crippen LogP contribution >= 0.6 is 0 Å². The van der Waals surface area contributed by atoms with Gasteiger partial charge in [-0.25, -0.2) is 0 Å². The molecule has 0 spiro atoms. The van der Waals surface area contributed by atoms with Crippen LogP contribution in [0, 0.1) is 11.3 Å². The quantitative estimate of drug-likeness (QED) is 0.778. The highest BCUT2D eigenvalue weighted by atomic mass is 16.3. The minimum absolute atomic E-state index is 0.201. The van der Waals surface area contributed by atoms with Gasteiger partial charge in [0.1, 0.15) is 0 Å². The second-order valence-corrected chi connectivity index (χ2v) is 6.09. The Hall–Kier alpha value is -0.120. The van der Waals surface area contributed by atoms with Crippen LogP contribution in [0.2, 0.25) is 0 Å². The van der Waals surface area contributed by atoms with Crippen LogP contribution in [0.15, 0.2) is 0 Å². The Labute approximate surface area is 99.4 Å². The smallest absolute Gasteiger partial charge is 0.0490 e. The average molecular weight is 226 g/mol. The lowest BCUT2D eigenvalue weighted by Crippen LogP contribution is -2.60. The fourth-order valence-corrected chi connectivity index (χ4v) is 3.15. The molecule has 3 heteroatoms. The molecule has 0 unspecified atom stereocenters. The second kappa shape index (κ2) is 4.63. The van der Waals surface area contributed by atoms with E-state index in [9.17, 15) is 5.11 Å². The van der Waals surface area contributed by atoms with Crippen molar-refractivity contribution in [3.63, 3.8) is 0 Å². The summed E-state index contributed by atoms with van der Waals surface area (Å²) in [6.07, 6.45) is 2.34. The third-order valence-electron chi connectivity index (χ3n) is 4.89. The summed E-state index contributed by atoms with van der Waals surface area (Å²) in [5.74, 6) is 0.601. The summed E-state index contributed by atoms with van der Waals surface area (Å²) in [6.45, 7) is 9.69. The topological polar surface area (TPSA) is 26.7 Å². The number of aliphatic hydroxyl groups excluding tert-OH is 1. The minimum atomic E-state index is 0.201. The molecule has 0 amide bonds. The van der Waals surface area contributed by atoms with Gasteiger partial charge in [0.15, 0.2) is 0 Å². The van der Waals surface area contributed by atoms with E-state index in [-0.39, 0.29) is 5.41 Å². The van der Waals surface area contributed by atoms with E-state index in [4.69, 9.17) is 0 Å². The Morgan fingerprint density at radius 1 is 1.25 bits per heavy atom. The molecule has 2 aliphatic rings. The van der Waals surface area contributed by atoms with Crippen molar-refractivity contribution in [2.75, 3.05) is 39.8 Å². The van der Waals surface area contributed by atoms with E-state index in [0.717, 1.165) is 6.04 Å². The van der Waals surface area contributed by atoms with Crippen molar-refractivity contribution in [1.29, 1.82) is 0 Å². The molecule has 0 aromatic carbocycles. The normalized spacial score (nSPS) is 28.3. The van der Waals surface area contributed by atoms with Crippen molar-refractivity contribution in [3.05, 3.63) is 0 Å². The van der Waals surface area contributed by atoms with Crippen LogP contribution in [-0.4, -0.2) is 60.8 Å². The van der Waals surface area contributed by atoms with E-state index in [1.807, 2.05) is 0 Å². The van der Waals surface area contributed by atoms with E-state index in [2.05, 4.69) is 30.7 Å². The molecule has 2 aliphatic heterocycles. The Kier molecular flexibility index (Phi) is 3.57. The number of hydrogen-bond acceptors (Lipinski definition) is 3. The number of hydrogen-bond donors (Lipinski definition) is 1. The molecule has 1 N–H and O–H groups in total. The van der Waals surface area contributed by atoms with Crippen LogP contribution in [0.5, 0.6) is 0 Å². The Bertz CT molecular complexity index is 228. The standard InChI is InChI=1S/C13H26N2O/c1-11(2)13(10-16)4-6-15(7-5-13)12-8-14(3)9-12/h11-12,16H,4-10H2,1-3H3. The van der Waals surface area contributed by atoms with Crippen molar-refractivity contribution in [2.45, 2.75) is 32.7 Å². The lowest BCUT2D eigenvalue weighted by Gasteiger charge is -2.50. The molecule has 2 rings (SSSR count). The van der Waals surface area contributed by atoms with Crippen LogP contribution in [0.25, 0.3) is 0 Å². The van der Waals surface area contributed by atoms with Gasteiger partial charge in [0.25, 0.3) is 0 Å². The fraction of sp³-hybridized carbons (Fsp3) is 1.00. The first-order valence-electron chi connectivity index (χ1n) is 6.61. The van der Waals surface area contributed by atoms with Crippen LogP contribution in [0.3, 0.4) is 0 Å². The molecule has 2 heterocycles. The number of likely N-dealkylation sites (tertiary alicyclic amines) is 2. The van der Waals surface area contributed by atoms with Crippen molar-refractivity contribution in [2.24, 2.45) is 11.3 Å². The maximum atomic E-state index is 9.62. The zero-order valence-corrected chi connectivity index (χ0v) is 10.9. The van der Waals surface area contributed by atoms with Crippen molar-refractivity contribution < 1.29 is 5.11 Å². The molecule has 0 radical (unpaired) electrons. The molecular formula is C13H26N2O. The highest BCUT2D eigenvalue weighted by Crippen LogP contribution is 2.39. The van der Waals surface area contributed by atoms with Gasteiger partial charge in [-0.3, -0.25) is 4.90 Å². The van der Waals surface area contributed by atoms with E-state index in [0.29, 0.717) is 12.5 Å². The third kappa shape index (κ3) is 2.13. The SMILES string of the molecule is CC(C)C1(CO)CCN(C2CN(C)C2)CC1. The van der Waals surface area contributed by atoms with Crippen LogP contribution in [0.1, 0.15) is 26.7 Å². The van der Waals surface area contributed by atoms with E-state index in [1.165, 1.54) is 39.0 Å². The van der Waals surface area contributed by atoms with Gasteiger partial charge in [-0.2, -0.15) is 0 Å². The van der Waals surface area contributed by atoms with Gasteiger partial charge in [0.05, 0.1) is 0 Å². The minimum Gasteiger partial charge on any atom is -0.396 e. The molecule has 0 aromatic heterocycles. The summed E-state index contributed by atoms with van der Waals surface area (Å²) in [5.41, 5.74) is 0.201. The van der Waals surface area contributed by atoms with Crippen molar-refractivity contribution in [1.82, 2.24) is 9.80 Å². The summed E-state index contributed by atoms with van der Waals surface area (Å²) < 4.78 is 0. The number of likely N-dealkylation sites (N-methyl/N-ethyl adjacent to an activating group) is 1. The van der Waals surface area contributed by atoms with Gasteiger partial charge in [0.2, 0.25) is 0 Å². The number of nitrogens with zero attached hydrogens (tertiary/aromatic N) is 2. The summed E-state index contributed by atoms with van der Waals surface area (Å²) in [5, 5.41) is 9.62. The van der Waals surface area contributed by atoms with E-state index in [1.54, 1.807) is 0 Å². The largest absolute Gasteiger partial charge is 0.396 e. The van der Waals surface area contributed by atoms with Crippen LogP contribution in [-0.2, 0) is 0 Å². The Balaban J connectivity index is 1.86. The Morgan fingerprint density at radius 2 is 1.81 bits per heavy atom. The summed E-state index contributed by atoms with van der Waals surface area (Å²) >= 11 is 0. The number of rotatable bonds is 3. The molecule has 0 aliphatic carbocycles. The average Bonchev–Trinajstić information content (AvgIpc) is 2.25. The zero-order chi connectivity index (χ0) is 11.8. The molecule has 16 heavy (non-hydrogen) atoms. The van der Waals surface area contributed by atoms with E-state index >= 15 is 0 Å². The summed E-state index contributed by atoms with van der Waals surface area (Å²) in [6, 6.07) is 0.786. The first-order valence-corrected chi connectivity index (χ1v) is 6.61. The highest BCUT2D eigenvalue weighted by molar-refractivity contribution is 4.93. The number of piperidine rings is 1. The molecule has 2 fully saturated rings. The van der Waals surface area contributed by atoms with E-state index < -0.39 is 0 Å². The monoisotopic (exact) mass is 226 g/mol. The van der Waals surface area contributed by atoms with Gasteiger partial charge >= 0.3 is 0 Å². The van der Waals surface area contributed by atoms with Gasteiger partial charge in [-0.1, -0.05) is 13.8 Å². The predicted octanol–water partition coefficient (Wildman–Crippen LogP) is 1.03. The zero-order valence-electron chi connectivity index (χ0n) is 10.9. The highest BCUT2D eigenvalue weighted by Gasteiger charge is 2.40. The molecule has 0 bridgehead atoms. The third-order valence-corrected chi connectivity index (χ3v) is 4.89. The van der Waals surface area contributed by atoms with Gasteiger partial charge in [-0.05, 0) is 44.3 Å². The molecule has 0 atom stereocenters. The lowest BCUT2D eigenvalue weighted by molar-refractivity contribution is -0.0326. The molecule has 2 saturated heterocycles. The summed E-state index contributed by atoms with van der Waals surface area (Å²) in [7, 11) is 2.19. The van der Waals surface area contributed by atoms with Crippen molar-refractivity contribution in [3.8, 4) is 0 Å². The molecular weight excluding hydrogens is 200 g/mol.